The molecular formula is C28H39F2N7O2. The maximum absolute atomic E-state index is 13.7. The molecule has 1 aromatic carbocycles. The Labute approximate surface area is 228 Å². The van der Waals surface area contributed by atoms with Crippen molar-refractivity contribution in [1.29, 1.82) is 0 Å². The van der Waals surface area contributed by atoms with Crippen molar-refractivity contribution in [2.45, 2.75) is 57.9 Å². The van der Waals surface area contributed by atoms with Crippen LogP contribution in [0.3, 0.4) is 0 Å². The molecule has 1 aromatic heterocycles. The predicted molar refractivity (Wildman–Crippen MR) is 148 cm³/mol. The van der Waals surface area contributed by atoms with E-state index >= 15 is 0 Å². The van der Waals surface area contributed by atoms with E-state index in [0.717, 1.165) is 50.1 Å². The van der Waals surface area contributed by atoms with E-state index in [0.29, 0.717) is 38.7 Å². The van der Waals surface area contributed by atoms with Crippen molar-refractivity contribution in [2.24, 2.45) is 0 Å². The Kier molecular flexibility index (Phi) is 8.95. The Morgan fingerprint density at radius 2 is 2.05 bits per heavy atom. The van der Waals surface area contributed by atoms with Crippen LogP contribution in [-0.2, 0) is 11.2 Å². The molecule has 0 spiro atoms. The van der Waals surface area contributed by atoms with Gasteiger partial charge in [0.2, 0.25) is 5.95 Å². The topological polar surface area (TPSA) is 85.9 Å². The molecule has 1 amide bonds. The second-order valence-electron chi connectivity index (χ2n) is 10.5. The average molecular weight is 544 g/mol. The minimum Gasteiger partial charge on any atom is -0.449 e. The maximum atomic E-state index is 13.7. The minimum atomic E-state index is -2.70. The highest BCUT2D eigenvalue weighted by molar-refractivity contribution is 5.68. The SMILES string of the molecule is CCc1cc(N2CCN3CCC[C@@H]3C2)ccc1Nc1ncc(C(F)F)c(NCCCN2CCCCOC2=O)n1. The molecule has 0 radical (unpaired) electrons. The lowest BCUT2D eigenvalue weighted by atomic mass is 10.1. The number of halogens is 2. The zero-order chi connectivity index (χ0) is 27.2. The molecule has 0 aliphatic carbocycles. The van der Waals surface area contributed by atoms with Gasteiger partial charge in [0.05, 0.1) is 12.2 Å². The molecule has 1 atom stereocenters. The summed E-state index contributed by atoms with van der Waals surface area (Å²) in [6, 6.07) is 7.01. The van der Waals surface area contributed by atoms with Crippen LogP contribution in [0, 0.1) is 0 Å². The number of fused-ring (bicyclic) bond motifs is 1. The molecule has 0 saturated carbocycles. The highest BCUT2D eigenvalue weighted by Gasteiger charge is 2.30. The van der Waals surface area contributed by atoms with Gasteiger partial charge in [-0.1, -0.05) is 6.92 Å². The fourth-order valence-electron chi connectivity index (χ4n) is 5.72. The number of piperazine rings is 1. The lowest BCUT2D eigenvalue weighted by Crippen LogP contribution is -2.50. The van der Waals surface area contributed by atoms with E-state index in [2.05, 4.69) is 49.5 Å². The summed E-state index contributed by atoms with van der Waals surface area (Å²) in [6.07, 6.45) is 3.87. The van der Waals surface area contributed by atoms with Crippen LogP contribution in [0.25, 0.3) is 0 Å². The number of amides is 1. The molecule has 3 aliphatic heterocycles. The number of carbonyl (C=O) groups excluding carboxylic acids is 1. The third kappa shape index (κ3) is 6.69. The van der Waals surface area contributed by atoms with Crippen LogP contribution in [0.4, 0.5) is 36.7 Å². The van der Waals surface area contributed by atoms with Gasteiger partial charge in [-0.15, -0.1) is 0 Å². The van der Waals surface area contributed by atoms with Gasteiger partial charge in [0.25, 0.3) is 6.43 Å². The quantitative estimate of drug-likeness (QED) is 0.403. The number of benzene rings is 1. The van der Waals surface area contributed by atoms with Gasteiger partial charge in [-0.3, -0.25) is 4.90 Å². The van der Waals surface area contributed by atoms with Crippen LogP contribution >= 0.6 is 0 Å². The fraction of sp³-hybridized carbons (Fsp3) is 0.607. The number of carbonyl (C=O) groups is 1. The second kappa shape index (κ2) is 12.8. The van der Waals surface area contributed by atoms with Crippen molar-refractivity contribution in [3.8, 4) is 0 Å². The number of aromatic nitrogens is 2. The molecular weight excluding hydrogens is 504 g/mol. The molecule has 9 nitrogen and oxygen atoms in total. The first-order valence-corrected chi connectivity index (χ1v) is 14.2. The summed E-state index contributed by atoms with van der Waals surface area (Å²) in [6.45, 7) is 8.50. The molecule has 0 bridgehead atoms. The highest BCUT2D eigenvalue weighted by Crippen LogP contribution is 2.31. The Morgan fingerprint density at radius 1 is 1.15 bits per heavy atom. The number of hydrogen-bond acceptors (Lipinski definition) is 8. The zero-order valence-electron chi connectivity index (χ0n) is 22.7. The van der Waals surface area contributed by atoms with Gasteiger partial charge in [0.1, 0.15) is 5.82 Å². The van der Waals surface area contributed by atoms with Crippen LogP contribution in [0.1, 0.15) is 56.6 Å². The van der Waals surface area contributed by atoms with Gasteiger partial charge in [-0.05, 0) is 68.8 Å². The maximum Gasteiger partial charge on any atom is 0.409 e. The van der Waals surface area contributed by atoms with E-state index in [9.17, 15) is 13.6 Å². The summed E-state index contributed by atoms with van der Waals surface area (Å²) in [4.78, 5) is 27.3. The van der Waals surface area contributed by atoms with Crippen LogP contribution in [0.2, 0.25) is 0 Å². The normalized spacial score (nSPS) is 20.1. The predicted octanol–water partition coefficient (Wildman–Crippen LogP) is 5.04. The van der Waals surface area contributed by atoms with Gasteiger partial charge in [-0.2, -0.15) is 4.98 Å². The molecule has 39 heavy (non-hydrogen) atoms. The number of rotatable bonds is 10. The van der Waals surface area contributed by atoms with Crippen molar-refractivity contribution >= 4 is 29.2 Å². The Balaban J connectivity index is 1.23. The van der Waals surface area contributed by atoms with E-state index in [1.807, 2.05) is 6.07 Å². The first-order chi connectivity index (χ1) is 19.0. The summed E-state index contributed by atoms with van der Waals surface area (Å²) >= 11 is 0. The first-order valence-electron chi connectivity index (χ1n) is 14.2. The Hall–Kier alpha value is -3.21. The lowest BCUT2D eigenvalue weighted by molar-refractivity contribution is 0.116. The number of hydrogen-bond donors (Lipinski definition) is 2. The van der Waals surface area contributed by atoms with E-state index in [4.69, 9.17) is 4.74 Å². The molecule has 3 fully saturated rings. The van der Waals surface area contributed by atoms with Crippen molar-refractivity contribution in [1.82, 2.24) is 19.8 Å². The zero-order valence-corrected chi connectivity index (χ0v) is 22.7. The number of nitrogens with one attached hydrogen (secondary N) is 2. The van der Waals surface area contributed by atoms with Crippen LogP contribution in [0.5, 0.6) is 0 Å². The molecule has 2 aromatic rings. The van der Waals surface area contributed by atoms with Gasteiger partial charge in [-0.25, -0.2) is 18.6 Å². The average Bonchev–Trinajstić information content (AvgIpc) is 3.32. The minimum absolute atomic E-state index is 0.102. The number of ether oxygens (including phenoxy) is 1. The molecule has 3 saturated heterocycles. The van der Waals surface area contributed by atoms with Crippen LogP contribution in [-0.4, -0.2) is 84.3 Å². The van der Waals surface area contributed by atoms with Crippen molar-refractivity contribution in [3.05, 3.63) is 35.5 Å². The monoisotopic (exact) mass is 543 g/mol. The molecule has 4 heterocycles. The first kappa shape index (κ1) is 27.4. The van der Waals surface area contributed by atoms with E-state index in [-0.39, 0.29) is 23.4 Å². The molecule has 212 valence electrons. The van der Waals surface area contributed by atoms with E-state index < -0.39 is 6.43 Å². The molecule has 3 aliphatic rings. The molecule has 5 rings (SSSR count). The van der Waals surface area contributed by atoms with Gasteiger partial charge in [0.15, 0.2) is 0 Å². The molecule has 11 heteroatoms. The number of cyclic esters (lactones) is 1. The summed E-state index contributed by atoms with van der Waals surface area (Å²) in [5, 5.41) is 6.28. The number of anilines is 4. The van der Waals surface area contributed by atoms with Crippen molar-refractivity contribution in [2.75, 3.05) is 68.0 Å². The Morgan fingerprint density at radius 3 is 2.90 bits per heavy atom. The Bertz CT molecular complexity index is 1140. The van der Waals surface area contributed by atoms with E-state index in [1.54, 1.807) is 4.90 Å². The smallest absolute Gasteiger partial charge is 0.409 e. The largest absolute Gasteiger partial charge is 0.449 e. The molecule has 0 unspecified atom stereocenters. The number of alkyl halides is 2. The second-order valence-corrected chi connectivity index (χ2v) is 10.5. The van der Waals surface area contributed by atoms with Crippen molar-refractivity contribution in [3.63, 3.8) is 0 Å². The fourth-order valence-corrected chi connectivity index (χ4v) is 5.72. The number of aryl methyl sites for hydroxylation is 1. The summed E-state index contributed by atoms with van der Waals surface area (Å²) in [5.74, 6) is 0.366. The molecule has 2 N–H and O–H groups in total. The van der Waals surface area contributed by atoms with Crippen LogP contribution in [0.15, 0.2) is 24.4 Å². The lowest BCUT2D eigenvalue weighted by Gasteiger charge is -2.39. The van der Waals surface area contributed by atoms with Gasteiger partial charge >= 0.3 is 6.09 Å². The standard InChI is InChI=1S/C28H39F2N7O2/c1-2-20-17-21(37-15-14-35-12-5-7-22(35)19-37)8-9-24(20)33-27-32-18-23(25(29)30)26(34-27)31-10-6-13-36-11-3-4-16-39-28(36)38/h8-9,17-18,22,25H,2-7,10-16,19H2,1H3,(H2,31,32,33,34)/t22-/m1/s1. The van der Waals surface area contributed by atoms with E-state index in [1.165, 1.54) is 31.3 Å². The number of nitrogens with zero attached hydrogens (tertiary/aromatic N) is 5. The highest BCUT2D eigenvalue weighted by atomic mass is 19.3. The third-order valence-corrected chi connectivity index (χ3v) is 7.92. The van der Waals surface area contributed by atoms with Crippen molar-refractivity contribution < 1.29 is 18.3 Å². The summed E-state index contributed by atoms with van der Waals surface area (Å²) in [5.41, 5.74) is 2.97. The van der Waals surface area contributed by atoms with Crippen LogP contribution < -0.4 is 15.5 Å². The summed E-state index contributed by atoms with van der Waals surface area (Å²) < 4.78 is 32.5. The summed E-state index contributed by atoms with van der Waals surface area (Å²) in [7, 11) is 0. The van der Waals surface area contributed by atoms with Gasteiger partial charge < -0.3 is 25.2 Å². The third-order valence-electron chi connectivity index (χ3n) is 7.92. The van der Waals surface area contributed by atoms with Gasteiger partial charge in [0, 0.05) is 62.9 Å².